The average Bonchev–Trinajstić information content (AvgIpc) is 3.58. The van der Waals surface area contributed by atoms with Gasteiger partial charge < -0.3 is 19.4 Å². The van der Waals surface area contributed by atoms with Gasteiger partial charge in [-0.15, -0.1) is 0 Å². The van der Waals surface area contributed by atoms with Crippen LogP contribution in [0.2, 0.25) is 0 Å². The molecule has 1 N–H and O–H groups in total. The highest BCUT2D eigenvalue weighted by molar-refractivity contribution is 7.14. The Bertz CT molecular complexity index is 1670. The molecule has 0 bridgehead atoms. The summed E-state index contributed by atoms with van der Waals surface area (Å²) in [5, 5.41) is 12.1. The number of rotatable bonds is 9. The number of ether oxygens (including phenoxy) is 2. The molecule has 1 saturated heterocycles. The zero-order chi connectivity index (χ0) is 28.3. The van der Waals surface area contributed by atoms with Crippen LogP contribution in [0.3, 0.4) is 0 Å². The van der Waals surface area contributed by atoms with E-state index in [9.17, 15) is 9.18 Å². The fourth-order valence-corrected chi connectivity index (χ4v) is 5.87. The number of carbonyl (C=O) groups is 1. The lowest BCUT2D eigenvalue weighted by Crippen LogP contribution is -2.33. The largest absolute Gasteiger partial charge is 0.465 e. The Labute approximate surface area is 240 Å². The monoisotopic (exact) mass is 572 g/mol. The SMILES string of the molecule is CNC(=O)c1ccc2nc(CN3CC=C(c4cnc(OCc5ccc(C#N)cc5F)s4)CC3)n(CC3CCO3)c2c1. The van der Waals surface area contributed by atoms with E-state index in [-0.39, 0.29) is 24.2 Å². The standard InChI is InChI=1S/C30H29FN6O3S/c1-33-29(38)21-4-5-25-26(13-21)37(16-23-8-11-39-23)28(35-25)17-36-9-6-20(7-10-36)27-15-34-30(41-27)40-18-22-3-2-19(14-32)12-24(22)31/h2-6,12-13,15,23H,7-11,16-18H2,1H3,(H,33,38). The van der Waals surface area contributed by atoms with Gasteiger partial charge in [0.2, 0.25) is 0 Å². The minimum atomic E-state index is -0.462. The highest BCUT2D eigenvalue weighted by Gasteiger charge is 2.24. The molecule has 0 radical (unpaired) electrons. The van der Waals surface area contributed by atoms with Crippen LogP contribution in [0.5, 0.6) is 5.19 Å². The minimum absolute atomic E-state index is 0.0504. The lowest BCUT2D eigenvalue weighted by molar-refractivity contribution is -0.0591. The molecule has 1 unspecified atom stereocenters. The molecule has 4 heterocycles. The number of fused-ring (bicyclic) bond motifs is 1. The van der Waals surface area contributed by atoms with Crippen LogP contribution in [0.4, 0.5) is 4.39 Å². The molecule has 9 nitrogen and oxygen atoms in total. The van der Waals surface area contributed by atoms with E-state index in [2.05, 4.69) is 25.8 Å². The third-order valence-electron chi connectivity index (χ3n) is 7.49. The van der Waals surface area contributed by atoms with Crippen LogP contribution in [-0.4, -0.2) is 58.2 Å². The van der Waals surface area contributed by atoms with Crippen molar-refractivity contribution in [3.8, 4) is 11.3 Å². The maximum Gasteiger partial charge on any atom is 0.274 e. The van der Waals surface area contributed by atoms with Crippen molar-refractivity contribution in [3.05, 3.63) is 81.9 Å². The molecule has 11 heteroatoms. The number of benzene rings is 2. The molecule has 6 rings (SSSR count). The quantitative estimate of drug-likeness (QED) is 0.314. The molecule has 0 saturated carbocycles. The number of carbonyl (C=O) groups excluding carboxylic acids is 1. The maximum atomic E-state index is 14.2. The number of imidazole rings is 1. The van der Waals surface area contributed by atoms with Gasteiger partial charge >= 0.3 is 0 Å². The van der Waals surface area contributed by atoms with E-state index in [1.54, 1.807) is 25.4 Å². The molecule has 0 spiro atoms. The molecule has 2 aromatic carbocycles. The topological polar surface area (TPSA) is 105 Å². The van der Waals surface area contributed by atoms with Crippen LogP contribution in [-0.2, 0) is 24.4 Å². The fraction of sp³-hybridized carbons (Fsp3) is 0.333. The number of hydrogen-bond donors (Lipinski definition) is 1. The fourth-order valence-electron chi connectivity index (χ4n) is 5.04. The smallest absolute Gasteiger partial charge is 0.274 e. The number of nitrogens with zero attached hydrogens (tertiary/aromatic N) is 5. The van der Waals surface area contributed by atoms with Crippen LogP contribution in [0.15, 0.2) is 48.7 Å². The number of nitrogens with one attached hydrogen (secondary N) is 1. The zero-order valence-electron chi connectivity index (χ0n) is 22.6. The van der Waals surface area contributed by atoms with Gasteiger partial charge in [0.05, 0.1) is 46.7 Å². The third-order valence-corrected chi connectivity index (χ3v) is 8.47. The summed E-state index contributed by atoms with van der Waals surface area (Å²) in [7, 11) is 1.63. The zero-order valence-corrected chi connectivity index (χ0v) is 23.4. The van der Waals surface area contributed by atoms with Gasteiger partial charge in [-0.25, -0.2) is 14.4 Å². The number of amides is 1. The molecule has 1 amide bonds. The van der Waals surface area contributed by atoms with E-state index in [4.69, 9.17) is 19.7 Å². The predicted octanol–water partition coefficient (Wildman–Crippen LogP) is 4.52. The van der Waals surface area contributed by atoms with Gasteiger partial charge in [-0.1, -0.05) is 23.5 Å². The van der Waals surface area contributed by atoms with Crippen molar-refractivity contribution in [2.24, 2.45) is 0 Å². The van der Waals surface area contributed by atoms with Gasteiger partial charge in [0, 0.05) is 44.1 Å². The first-order valence-corrected chi connectivity index (χ1v) is 14.3. The summed E-state index contributed by atoms with van der Waals surface area (Å²) in [4.78, 5) is 25.0. The van der Waals surface area contributed by atoms with E-state index in [0.717, 1.165) is 54.3 Å². The number of hydrogen-bond acceptors (Lipinski definition) is 8. The number of nitriles is 1. The van der Waals surface area contributed by atoms with E-state index in [1.165, 1.54) is 23.0 Å². The Morgan fingerprint density at radius 3 is 2.90 bits per heavy atom. The van der Waals surface area contributed by atoms with Gasteiger partial charge in [-0.05, 0) is 48.7 Å². The van der Waals surface area contributed by atoms with E-state index in [1.807, 2.05) is 24.3 Å². The molecular formula is C30H29FN6O3S. The molecule has 4 aromatic rings. The van der Waals surface area contributed by atoms with E-state index >= 15 is 0 Å². The first-order chi connectivity index (χ1) is 20.0. The second-order valence-electron chi connectivity index (χ2n) is 10.1. The summed E-state index contributed by atoms with van der Waals surface area (Å²) >= 11 is 1.45. The molecular weight excluding hydrogens is 543 g/mol. The molecule has 0 aliphatic carbocycles. The minimum Gasteiger partial charge on any atom is -0.465 e. The molecule has 41 heavy (non-hydrogen) atoms. The van der Waals surface area contributed by atoms with Crippen LogP contribution in [0.25, 0.3) is 16.6 Å². The first kappa shape index (κ1) is 27.1. The summed E-state index contributed by atoms with van der Waals surface area (Å²) in [6.07, 6.45) is 6.07. The molecule has 2 aliphatic rings. The van der Waals surface area contributed by atoms with Crippen LogP contribution in [0.1, 0.15) is 45.0 Å². The van der Waals surface area contributed by atoms with Crippen molar-refractivity contribution < 1.29 is 18.7 Å². The normalized spacial score (nSPS) is 17.1. The van der Waals surface area contributed by atoms with Gasteiger partial charge in [0.25, 0.3) is 11.1 Å². The summed E-state index contributed by atoms with van der Waals surface area (Å²) < 4.78 is 27.8. The first-order valence-electron chi connectivity index (χ1n) is 13.5. The van der Waals surface area contributed by atoms with Crippen molar-refractivity contribution >= 4 is 33.9 Å². The van der Waals surface area contributed by atoms with Crippen molar-refractivity contribution in [2.75, 3.05) is 26.7 Å². The van der Waals surface area contributed by atoms with Gasteiger partial charge in [-0.2, -0.15) is 5.26 Å². The van der Waals surface area contributed by atoms with Crippen molar-refractivity contribution in [1.29, 1.82) is 5.26 Å². The maximum absolute atomic E-state index is 14.2. The highest BCUT2D eigenvalue weighted by Crippen LogP contribution is 2.32. The summed E-state index contributed by atoms with van der Waals surface area (Å²) in [6, 6.07) is 11.9. The highest BCUT2D eigenvalue weighted by atomic mass is 32.1. The van der Waals surface area contributed by atoms with E-state index < -0.39 is 5.82 Å². The number of aromatic nitrogens is 3. The Kier molecular flexibility index (Phi) is 7.78. The molecule has 1 atom stereocenters. The number of thiazole rings is 1. The van der Waals surface area contributed by atoms with Crippen LogP contribution >= 0.6 is 11.3 Å². The second-order valence-corrected chi connectivity index (χ2v) is 11.1. The van der Waals surface area contributed by atoms with Crippen LogP contribution < -0.4 is 10.1 Å². The molecule has 1 fully saturated rings. The Balaban J connectivity index is 1.12. The Morgan fingerprint density at radius 2 is 2.20 bits per heavy atom. The van der Waals surface area contributed by atoms with Crippen molar-refractivity contribution in [3.63, 3.8) is 0 Å². The van der Waals surface area contributed by atoms with Gasteiger partial charge in [0.15, 0.2) is 0 Å². The number of halogens is 1. The molecule has 210 valence electrons. The average molecular weight is 573 g/mol. The third kappa shape index (κ3) is 5.86. The Hall–Kier alpha value is -4.11. The molecule has 2 aromatic heterocycles. The van der Waals surface area contributed by atoms with Gasteiger partial charge in [0.1, 0.15) is 18.2 Å². The summed E-state index contributed by atoms with van der Waals surface area (Å²) in [6.45, 7) is 3.87. The Morgan fingerprint density at radius 1 is 1.32 bits per heavy atom. The molecule has 2 aliphatic heterocycles. The van der Waals surface area contributed by atoms with Gasteiger partial charge in [-0.3, -0.25) is 9.69 Å². The van der Waals surface area contributed by atoms with Crippen molar-refractivity contribution in [1.82, 2.24) is 24.8 Å². The van der Waals surface area contributed by atoms with E-state index in [0.29, 0.717) is 29.4 Å². The summed E-state index contributed by atoms with van der Waals surface area (Å²) in [5.74, 6) is 0.384. The predicted molar refractivity (Wildman–Crippen MR) is 153 cm³/mol. The lowest BCUT2D eigenvalue weighted by atomic mass is 10.1. The lowest BCUT2D eigenvalue weighted by Gasteiger charge is -2.29. The van der Waals surface area contributed by atoms with Crippen molar-refractivity contribution in [2.45, 2.75) is 38.6 Å². The second kappa shape index (κ2) is 11.8. The van der Waals surface area contributed by atoms with Crippen LogP contribution in [0, 0.1) is 17.1 Å². The summed E-state index contributed by atoms with van der Waals surface area (Å²) in [5.41, 5.74) is 4.31.